The lowest BCUT2D eigenvalue weighted by Crippen LogP contribution is -2.30. The summed E-state index contributed by atoms with van der Waals surface area (Å²) in [6.45, 7) is 5.91. The summed E-state index contributed by atoms with van der Waals surface area (Å²) in [6.07, 6.45) is 0.789. The number of nitrogens with one attached hydrogen (secondary N) is 2. The maximum absolute atomic E-state index is 13.4. The van der Waals surface area contributed by atoms with Crippen molar-refractivity contribution >= 4 is 46.6 Å². The molecule has 3 aromatic carbocycles. The Morgan fingerprint density at radius 1 is 1.05 bits per heavy atom. The van der Waals surface area contributed by atoms with Crippen molar-refractivity contribution in [1.29, 1.82) is 5.26 Å². The molecule has 8 heteroatoms. The molecule has 0 aliphatic carbocycles. The van der Waals surface area contributed by atoms with Crippen LogP contribution in [-0.2, 0) is 20.7 Å². The average Bonchev–Trinajstić information content (AvgIpc) is 2.97. The number of carbonyl (C=O) groups is 2. The molecule has 0 saturated heterocycles. The molecule has 1 aliphatic rings. The number of rotatable bonds is 9. The van der Waals surface area contributed by atoms with E-state index in [-0.39, 0.29) is 18.3 Å². The molecule has 4 rings (SSSR count). The Hall–Kier alpha value is -3.99. The third-order valence-electron chi connectivity index (χ3n) is 6.58. The third kappa shape index (κ3) is 6.25. The summed E-state index contributed by atoms with van der Waals surface area (Å²) in [6, 6.07) is 24.7. The number of thioether (sulfide) groups is 1. The van der Waals surface area contributed by atoms with Crippen molar-refractivity contribution < 1.29 is 14.3 Å². The SMILES string of the molecule is CCOC(=O)C1=C(c2ccccc2)NC(SCC(=O)Nc2c(C)cccc2CC)=C(C#N)[C@H]1c1ccccc1Cl. The minimum absolute atomic E-state index is 0.0526. The summed E-state index contributed by atoms with van der Waals surface area (Å²) >= 11 is 7.84. The van der Waals surface area contributed by atoms with Crippen LogP contribution in [0.1, 0.15) is 42.0 Å². The molecule has 0 bridgehead atoms. The molecule has 1 heterocycles. The van der Waals surface area contributed by atoms with E-state index in [2.05, 4.69) is 16.7 Å². The number of benzene rings is 3. The summed E-state index contributed by atoms with van der Waals surface area (Å²) < 4.78 is 5.47. The minimum Gasteiger partial charge on any atom is -0.463 e. The highest BCUT2D eigenvalue weighted by atomic mass is 35.5. The fourth-order valence-corrected chi connectivity index (χ4v) is 5.78. The Labute approximate surface area is 244 Å². The number of anilines is 1. The van der Waals surface area contributed by atoms with Gasteiger partial charge in [-0.3, -0.25) is 4.79 Å². The Morgan fingerprint density at radius 3 is 2.45 bits per heavy atom. The maximum Gasteiger partial charge on any atom is 0.337 e. The van der Waals surface area contributed by atoms with E-state index < -0.39 is 11.9 Å². The molecule has 0 radical (unpaired) electrons. The van der Waals surface area contributed by atoms with Gasteiger partial charge in [0.15, 0.2) is 0 Å². The van der Waals surface area contributed by atoms with Gasteiger partial charge in [0.2, 0.25) is 5.91 Å². The van der Waals surface area contributed by atoms with Gasteiger partial charge in [0.1, 0.15) is 0 Å². The van der Waals surface area contributed by atoms with Crippen molar-refractivity contribution in [2.24, 2.45) is 0 Å². The first-order valence-corrected chi connectivity index (χ1v) is 14.4. The molecular weight excluding hydrogens is 542 g/mol. The molecular formula is C32H30ClN3O3S. The molecule has 1 amide bonds. The van der Waals surface area contributed by atoms with E-state index in [1.165, 1.54) is 11.8 Å². The van der Waals surface area contributed by atoms with Gasteiger partial charge in [0, 0.05) is 10.7 Å². The standard InChI is InChI=1S/C32H30ClN3O3S/c1-4-21-15-11-12-20(3)29(21)35-26(37)19-40-31-24(18-34)27(23-16-9-10-17-25(23)33)28(32(38)39-5-2)30(36-31)22-13-7-6-8-14-22/h6-17,27,36H,4-5,19H2,1-3H3,(H,35,37)/t27-/m1/s1. The van der Waals surface area contributed by atoms with Crippen molar-refractivity contribution in [3.8, 4) is 6.07 Å². The summed E-state index contributed by atoms with van der Waals surface area (Å²) in [7, 11) is 0. The van der Waals surface area contributed by atoms with Crippen LogP contribution < -0.4 is 10.6 Å². The predicted octanol–water partition coefficient (Wildman–Crippen LogP) is 6.98. The monoisotopic (exact) mass is 571 g/mol. The van der Waals surface area contributed by atoms with Crippen molar-refractivity contribution in [2.45, 2.75) is 33.1 Å². The van der Waals surface area contributed by atoms with Gasteiger partial charge in [-0.25, -0.2) is 4.79 Å². The third-order valence-corrected chi connectivity index (χ3v) is 7.94. The predicted molar refractivity (Wildman–Crippen MR) is 162 cm³/mol. The largest absolute Gasteiger partial charge is 0.463 e. The van der Waals surface area contributed by atoms with E-state index in [9.17, 15) is 14.9 Å². The highest BCUT2D eigenvalue weighted by Crippen LogP contribution is 2.45. The van der Waals surface area contributed by atoms with E-state index >= 15 is 0 Å². The normalized spacial score (nSPS) is 14.8. The Morgan fingerprint density at radius 2 is 1.77 bits per heavy atom. The van der Waals surface area contributed by atoms with Gasteiger partial charge in [0.05, 0.1) is 46.2 Å². The van der Waals surface area contributed by atoms with Gasteiger partial charge in [-0.1, -0.05) is 97.0 Å². The van der Waals surface area contributed by atoms with Crippen LogP contribution in [0.4, 0.5) is 5.69 Å². The van der Waals surface area contributed by atoms with Crippen molar-refractivity contribution in [1.82, 2.24) is 5.32 Å². The van der Waals surface area contributed by atoms with Gasteiger partial charge >= 0.3 is 5.97 Å². The number of nitrogens with zero attached hydrogens (tertiary/aromatic N) is 1. The smallest absolute Gasteiger partial charge is 0.337 e. The topological polar surface area (TPSA) is 91.2 Å². The lowest BCUT2D eigenvalue weighted by Gasteiger charge is -2.31. The summed E-state index contributed by atoms with van der Waals surface area (Å²) in [5.41, 5.74) is 5.29. The highest BCUT2D eigenvalue weighted by Gasteiger charge is 2.38. The zero-order chi connectivity index (χ0) is 28.6. The molecule has 6 nitrogen and oxygen atoms in total. The highest BCUT2D eigenvalue weighted by molar-refractivity contribution is 8.03. The fraction of sp³-hybridized carbons (Fsp3) is 0.219. The molecule has 0 fully saturated rings. The molecule has 1 aliphatic heterocycles. The van der Waals surface area contributed by atoms with E-state index in [1.807, 2.05) is 68.4 Å². The zero-order valence-corrected chi connectivity index (χ0v) is 24.2. The van der Waals surface area contributed by atoms with Crippen LogP contribution in [0, 0.1) is 18.3 Å². The lowest BCUT2D eigenvalue weighted by molar-refractivity contribution is -0.138. The second-order valence-corrected chi connectivity index (χ2v) is 10.5. The Kier molecular flexibility index (Phi) is 9.70. The van der Waals surface area contributed by atoms with Crippen LogP contribution in [0.3, 0.4) is 0 Å². The number of hydrogen-bond donors (Lipinski definition) is 2. The van der Waals surface area contributed by atoms with Crippen LogP contribution in [-0.4, -0.2) is 24.2 Å². The second kappa shape index (κ2) is 13.4. The van der Waals surface area contributed by atoms with Crippen LogP contribution in [0.2, 0.25) is 5.02 Å². The number of carbonyl (C=O) groups excluding carboxylic acids is 2. The van der Waals surface area contributed by atoms with Crippen LogP contribution in [0.15, 0.2) is 89.0 Å². The van der Waals surface area contributed by atoms with E-state index in [0.29, 0.717) is 32.5 Å². The van der Waals surface area contributed by atoms with Crippen LogP contribution in [0.5, 0.6) is 0 Å². The molecule has 0 unspecified atom stereocenters. The van der Waals surface area contributed by atoms with E-state index in [1.54, 1.807) is 25.1 Å². The minimum atomic E-state index is -0.789. The molecule has 1 atom stereocenters. The van der Waals surface area contributed by atoms with Gasteiger partial charge in [-0.2, -0.15) is 5.26 Å². The number of hydrogen-bond acceptors (Lipinski definition) is 6. The zero-order valence-electron chi connectivity index (χ0n) is 22.6. The number of allylic oxidation sites excluding steroid dienone is 1. The Balaban J connectivity index is 1.77. The fourth-order valence-electron chi connectivity index (χ4n) is 4.69. The first-order valence-electron chi connectivity index (χ1n) is 13.0. The summed E-state index contributed by atoms with van der Waals surface area (Å²) in [4.78, 5) is 26.6. The average molecular weight is 572 g/mol. The first-order chi connectivity index (χ1) is 19.4. The van der Waals surface area contributed by atoms with Crippen molar-refractivity contribution in [2.75, 3.05) is 17.7 Å². The molecule has 0 saturated carbocycles. The quantitative estimate of drug-likeness (QED) is 0.269. The number of halogens is 1. The second-order valence-electron chi connectivity index (χ2n) is 9.11. The molecule has 0 spiro atoms. The number of amides is 1. The number of ether oxygens (including phenoxy) is 1. The maximum atomic E-state index is 13.4. The molecule has 3 aromatic rings. The van der Waals surface area contributed by atoms with Crippen molar-refractivity contribution in [3.05, 3.63) is 116 Å². The van der Waals surface area contributed by atoms with Crippen LogP contribution in [0.25, 0.3) is 5.70 Å². The van der Waals surface area contributed by atoms with Gasteiger partial charge in [-0.05, 0) is 48.6 Å². The first kappa shape index (κ1) is 29.0. The molecule has 2 N–H and O–H groups in total. The van der Waals surface area contributed by atoms with Gasteiger partial charge in [-0.15, -0.1) is 0 Å². The number of para-hydroxylation sites is 1. The van der Waals surface area contributed by atoms with E-state index in [4.69, 9.17) is 16.3 Å². The summed E-state index contributed by atoms with van der Waals surface area (Å²) in [5.74, 6) is -1.48. The molecule has 40 heavy (non-hydrogen) atoms. The van der Waals surface area contributed by atoms with Gasteiger partial charge in [0.25, 0.3) is 0 Å². The molecule has 0 aromatic heterocycles. The van der Waals surface area contributed by atoms with Gasteiger partial charge < -0.3 is 15.4 Å². The number of esters is 1. The van der Waals surface area contributed by atoms with E-state index in [0.717, 1.165) is 28.8 Å². The lowest BCUT2D eigenvalue weighted by atomic mass is 9.81. The molecule has 204 valence electrons. The van der Waals surface area contributed by atoms with Crippen molar-refractivity contribution in [3.63, 3.8) is 0 Å². The number of dihydropyridines is 1. The number of nitriles is 1. The Bertz CT molecular complexity index is 1530. The van der Waals surface area contributed by atoms with Crippen LogP contribution >= 0.6 is 23.4 Å². The number of aryl methyl sites for hydroxylation is 2. The summed E-state index contributed by atoms with van der Waals surface area (Å²) in [5, 5.41) is 17.6.